The average Bonchev–Trinajstić information content (AvgIpc) is 3.03. The molecule has 1 amide bonds. The van der Waals surface area contributed by atoms with E-state index in [1.54, 1.807) is 32.4 Å². The molecule has 0 spiro atoms. The largest absolute Gasteiger partial charge is 0.497 e. The fraction of sp³-hybridized carbons (Fsp3) is 0.471. The highest BCUT2D eigenvalue weighted by Crippen LogP contribution is 2.26. The Labute approximate surface area is 158 Å². The molecular formula is C17H24ClN5O3. The SMILES string of the molecule is COc1cc(NC(=O)c2nnn(C3CCNCC3)c2C)cc(OC)c1.Cl. The number of rotatable bonds is 5. The molecule has 2 N–H and O–H groups in total. The molecular weight excluding hydrogens is 358 g/mol. The predicted molar refractivity (Wildman–Crippen MR) is 101 cm³/mol. The van der Waals surface area contributed by atoms with Crippen molar-refractivity contribution in [3.8, 4) is 11.5 Å². The molecule has 1 aromatic heterocycles. The molecule has 9 heteroatoms. The zero-order valence-corrected chi connectivity index (χ0v) is 15.9. The maximum absolute atomic E-state index is 12.6. The number of methoxy groups -OCH3 is 2. The van der Waals surface area contributed by atoms with Crippen LogP contribution in [-0.2, 0) is 0 Å². The van der Waals surface area contributed by atoms with E-state index >= 15 is 0 Å². The van der Waals surface area contributed by atoms with Gasteiger partial charge in [-0.3, -0.25) is 4.79 Å². The molecule has 0 radical (unpaired) electrons. The Hall–Kier alpha value is -2.32. The van der Waals surface area contributed by atoms with Crippen molar-refractivity contribution < 1.29 is 14.3 Å². The first-order chi connectivity index (χ1) is 12.1. The second-order valence-corrected chi connectivity index (χ2v) is 6.00. The number of hydrogen-bond acceptors (Lipinski definition) is 6. The third-order valence-corrected chi connectivity index (χ3v) is 4.41. The van der Waals surface area contributed by atoms with Crippen LogP contribution < -0.4 is 20.1 Å². The number of piperidine rings is 1. The first-order valence-corrected chi connectivity index (χ1v) is 8.29. The second kappa shape index (κ2) is 8.86. The van der Waals surface area contributed by atoms with Crippen molar-refractivity contribution >= 4 is 24.0 Å². The first kappa shape index (κ1) is 20.0. The standard InChI is InChI=1S/C17H23N5O3.ClH/c1-11-16(20-21-22(11)13-4-6-18-7-5-13)17(23)19-12-8-14(24-2)10-15(9-12)25-3;/h8-10,13,18H,4-7H2,1-3H3,(H,19,23);1H. The molecule has 0 unspecified atom stereocenters. The highest BCUT2D eigenvalue weighted by Gasteiger charge is 2.23. The topological polar surface area (TPSA) is 90.3 Å². The molecule has 1 fully saturated rings. The summed E-state index contributed by atoms with van der Waals surface area (Å²) in [6, 6.07) is 5.49. The van der Waals surface area contributed by atoms with Crippen molar-refractivity contribution in [2.45, 2.75) is 25.8 Å². The molecule has 3 rings (SSSR count). The van der Waals surface area contributed by atoms with Crippen LogP contribution in [0.15, 0.2) is 18.2 Å². The molecule has 1 aliphatic rings. The van der Waals surface area contributed by atoms with Crippen molar-refractivity contribution in [3.05, 3.63) is 29.6 Å². The molecule has 26 heavy (non-hydrogen) atoms. The minimum atomic E-state index is -0.298. The van der Waals surface area contributed by atoms with Crippen molar-refractivity contribution in [2.24, 2.45) is 0 Å². The van der Waals surface area contributed by atoms with Crippen LogP contribution in [0.25, 0.3) is 0 Å². The van der Waals surface area contributed by atoms with Crippen molar-refractivity contribution in [3.63, 3.8) is 0 Å². The smallest absolute Gasteiger partial charge is 0.278 e. The van der Waals surface area contributed by atoms with Gasteiger partial charge >= 0.3 is 0 Å². The van der Waals surface area contributed by atoms with Crippen LogP contribution in [-0.4, -0.2) is 48.2 Å². The Morgan fingerprint density at radius 2 is 1.81 bits per heavy atom. The van der Waals surface area contributed by atoms with Gasteiger partial charge < -0.3 is 20.1 Å². The molecule has 0 atom stereocenters. The van der Waals surface area contributed by atoms with Crippen molar-refractivity contribution in [2.75, 3.05) is 32.6 Å². The monoisotopic (exact) mass is 381 g/mol. The van der Waals surface area contributed by atoms with Crippen LogP contribution >= 0.6 is 12.4 Å². The van der Waals surface area contributed by atoms with Gasteiger partial charge in [0.1, 0.15) is 11.5 Å². The van der Waals surface area contributed by atoms with E-state index in [1.165, 1.54) is 0 Å². The van der Waals surface area contributed by atoms with Gasteiger partial charge in [0.05, 0.1) is 26.0 Å². The zero-order valence-electron chi connectivity index (χ0n) is 15.1. The maximum Gasteiger partial charge on any atom is 0.278 e. The number of aromatic nitrogens is 3. The van der Waals surface area contributed by atoms with E-state index in [1.807, 2.05) is 11.6 Å². The van der Waals surface area contributed by atoms with Crippen LogP contribution in [0.4, 0.5) is 5.69 Å². The van der Waals surface area contributed by atoms with Gasteiger partial charge in [-0.2, -0.15) is 0 Å². The number of halogens is 1. The van der Waals surface area contributed by atoms with E-state index in [4.69, 9.17) is 9.47 Å². The van der Waals surface area contributed by atoms with Crippen molar-refractivity contribution in [1.29, 1.82) is 0 Å². The van der Waals surface area contributed by atoms with Crippen molar-refractivity contribution in [1.82, 2.24) is 20.3 Å². The number of amides is 1. The lowest BCUT2D eigenvalue weighted by molar-refractivity contribution is 0.102. The Kier molecular flexibility index (Phi) is 6.82. The van der Waals surface area contributed by atoms with Gasteiger partial charge in [-0.15, -0.1) is 17.5 Å². The number of hydrogen-bond donors (Lipinski definition) is 2. The minimum Gasteiger partial charge on any atom is -0.497 e. The number of ether oxygens (including phenoxy) is 2. The van der Waals surface area contributed by atoms with E-state index < -0.39 is 0 Å². The van der Waals surface area contributed by atoms with E-state index in [0.717, 1.165) is 31.6 Å². The average molecular weight is 382 g/mol. The number of nitrogens with zero attached hydrogens (tertiary/aromatic N) is 3. The lowest BCUT2D eigenvalue weighted by atomic mass is 10.1. The third-order valence-electron chi connectivity index (χ3n) is 4.41. The first-order valence-electron chi connectivity index (χ1n) is 8.29. The Bertz CT molecular complexity index is 737. The molecule has 0 saturated carbocycles. The van der Waals surface area contributed by atoms with Crippen LogP contribution in [0, 0.1) is 6.92 Å². The Morgan fingerprint density at radius 3 is 2.38 bits per heavy atom. The Balaban J connectivity index is 0.00000243. The summed E-state index contributed by atoms with van der Waals surface area (Å²) in [6.07, 6.45) is 1.97. The summed E-state index contributed by atoms with van der Waals surface area (Å²) in [5.74, 6) is 0.905. The van der Waals surface area contributed by atoms with Gasteiger partial charge in [0, 0.05) is 23.9 Å². The molecule has 1 aliphatic heterocycles. The number of nitrogens with one attached hydrogen (secondary N) is 2. The summed E-state index contributed by atoms with van der Waals surface area (Å²) >= 11 is 0. The molecule has 1 saturated heterocycles. The molecule has 0 aliphatic carbocycles. The molecule has 2 aromatic rings. The number of carbonyl (C=O) groups is 1. The fourth-order valence-electron chi connectivity index (χ4n) is 3.02. The normalized spacial score (nSPS) is 14.4. The Morgan fingerprint density at radius 1 is 1.19 bits per heavy atom. The van der Waals surface area contributed by atoms with Crippen LogP contribution in [0.1, 0.15) is 35.1 Å². The van der Waals surface area contributed by atoms with E-state index in [-0.39, 0.29) is 24.4 Å². The second-order valence-electron chi connectivity index (χ2n) is 6.00. The highest BCUT2D eigenvalue weighted by molar-refractivity contribution is 6.03. The molecule has 2 heterocycles. The minimum absolute atomic E-state index is 0. The number of carbonyl (C=O) groups excluding carboxylic acids is 1. The summed E-state index contributed by atoms with van der Waals surface area (Å²) in [5.41, 5.74) is 1.69. The van der Waals surface area contributed by atoms with Crippen LogP contribution in [0.5, 0.6) is 11.5 Å². The third kappa shape index (κ3) is 4.25. The molecule has 1 aromatic carbocycles. The lowest BCUT2D eigenvalue weighted by Crippen LogP contribution is -2.30. The van der Waals surface area contributed by atoms with Crippen LogP contribution in [0.3, 0.4) is 0 Å². The molecule has 142 valence electrons. The van der Waals surface area contributed by atoms with Gasteiger partial charge in [0.2, 0.25) is 0 Å². The quantitative estimate of drug-likeness (QED) is 0.825. The van der Waals surface area contributed by atoms with E-state index in [9.17, 15) is 4.79 Å². The summed E-state index contributed by atoms with van der Waals surface area (Å²) < 4.78 is 12.3. The molecule has 8 nitrogen and oxygen atoms in total. The lowest BCUT2D eigenvalue weighted by Gasteiger charge is -2.23. The van der Waals surface area contributed by atoms with Gasteiger partial charge in [-0.1, -0.05) is 5.21 Å². The summed E-state index contributed by atoms with van der Waals surface area (Å²) in [6.45, 7) is 3.79. The summed E-state index contributed by atoms with van der Waals surface area (Å²) in [7, 11) is 3.13. The molecule has 0 bridgehead atoms. The summed E-state index contributed by atoms with van der Waals surface area (Å²) in [5, 5.41) is 14.4. The predicted octanol–water partition coefficient (Wildman–Crippen LogP) is 2.20. The van der Waals surface area contributed by atoms with Gasteiger partial charge in [0.25, 0.3) is 5.91 Å². The number of benzene rings is 1. The van der Waals surface area contributed by atoms with E-state index in [0.29, 0.717) is 22.9 Å². The van der Waals surface area contributed by atoms with Gasteiger partial charge in [-0.25, -0.2) is 4.68 Å². The summed E-state index contributed by atoms with van der Waals surface area (Å²) in [4.78, 5) is 12.6. The van der Waals surface area contributed by atoms with Gasteiger partial charge in [0.15, 0.2) is 5.69 Å². The fourth-order valence-corrected chi connectivity index (χ4v) is 3.02. The number of anilines is 1. The van der Waals surface area contributed by atoms with Gasteiger partial charge in [-0.05, 0) is 32.9 Å². The van der Waals surface area contributed by atoms with E-state index in [2.05, 4.69) is 20.9 Å². The zero-order chi connectivity index (χ0) is 17.8. The van der Waals surface area contributed by atoms with Crippen LogP contribution in [0.2, 0.25) is 0 Å². The maximum atomic E-state index is 12.6. The highest BCUT2D eigenvalue weighted by atomic mass is 35.5.